The van der Waals surface area contributed by atoms with E-state index in [1.807, 2.05) is 4.90 Å². The van der Waals surface area contributed by atoms with Gasteiger partial charge in [0.25, 0.3) is 0 Å². The first kappa shape index (κ1) is 15.2. The molecule has 8 heteroatoms. The molecule has 2 heterocycles. The number of hydrogen-bond acceptors (Lipinski definition) is 5. The molecule has 0 saturated carbocycles. The van der Waals surface area contributed by atoms with Crippen LogP contribution in [0.2, 0.25) is 0 Å². The third kappa shape index (κ3) is 3.38. The van der Waals surface area contributed by atoms with Gasteiger partial charge in [-0.1, -0.05) is 18.2 Å². The van der Waals surface area contributed by atoms with Gasteiger partial charge >= 0.3 is 6.18 Å². The summed E-state index contributed by atoms with van der Waals surface area (Å²) in [6.07, 6.45) is -2.58. The lowest BCUT2D eigenvalue weighted by Gasteiger charge is -2.35. The number of rotatable bonds is 3. The maximum atomic E-state index is 13.0. The van der Waals surface area contributed by atoms with Crippen LogP contribution in [0.3, 0.4) is 0 Å². The van der Waals surface area contributed by atoms with Crippen LogP contribution in [0.4, 0.5) is 19.0 Å². The third-order valence-electron chi connectivity index (χ3n) is 3.76. The van der Waals surface area contributed by atoms with E-state index in [1.165, 1.54) is 6.07 Å². The summed E-state index contributed by atoms with van der Waals surface area (Å²) in [5, 5.41) is 0. The Morgan fingerprint density at radius 3 is 2.45 bits per heavy atom. The molecule has 1 aliphatic heterocycles. The molecule has 4 nitrogen and oxygen atoms in total. The van der Waals surface area contributed by atoms with Gasteiger partial charge in [0.15, 0.2) is 5.82 Å². The summed E-state index contributed by atoms with van der Waals surface area (Å²) in [6.45, 7) is 3.24. The Balaban J connectivity index is 1.64. The number of benzene rings is 1. The first-order valence-corrected chi connectivity index (χ1v) is 7.67. The molecule has 3 rings (SSSR count). The van der Waals surface area contributed by atoms with Gasteiger partial charge in [0.2, 0.25) is 0 Å². The molecule has 0 aliphatic carbocycles. The summed E-state index contributed by atoms with van der Waals surface area (Å²) in [7, 11) is 0. The van der Waals surface area contributed by atoms with E-state index in [2.05, 4.69) is 13.6 Å². The summed E-state index contributed by atoms with van der Waals surface area (Å²) >= 11 is 1.16. The minimum atomic E-state index is -4.30. The van der Waals surface area contributed by atoms with Crippen molar-refractivity contribution in [2.75, 3.05) is 31.1 Å². The van der Waals surface area contributed by atoms with Crippen LogP contribution in [-0.4, -0.2) is 39.8 Å². The van der Waals surface area contributed by atoms with Gasteiger partial charge in [-0.05, 0) is 11.6 Å². The monoisotopic (exact) mass is 328 g/mol. The van der Waals surface area contributed by atoms with Gasteiger partial charge in [-0.25, -0.2) is 0 Å². The second-order valence-electron chi connectivity index (χ2n) is 5.18. The lowest BCUT2D eigenvalue weighted by molar-refractivity contribution is -0.138. The molecule has 2 aromatic rings. The first-order chi connectivity index (χ1) is 10.5. The molecule has 1 saturated heterocycles. The zero-order valence-corrected chi connectivity index (χ0v) is 12.6. The van der Waals surface area contributed by atoms with Crippen LogP contribution < -0.4 is 4.90 Å². The number of aromatic nitrogens is 2. The molecule has 1 aromatic carbocycles. The number of piperazine rings is 1. The van der Waals surface area contributed by atoms with Crippen molar-refractivity contribution < 1.29 is 13.2 Å². The predicted molar refractivity (Wildman–Crippen MR) is 78.8 cm³/mol. The van der Waals surface area contributed by atoms with E-state index in [0.717, 1.165) is 36.7 Å². The van der Waals surface area contributed by atoms with Crippen LogP contribution in [0.1, 0.15) is 11.1 Å². The SMILES string of the molecule is FC(F)(F)c1ccccc1CN1CCN(c2cnsn2)CC1. The molecule has 1 aliphatic rings. The maximum absolute atomic E-state index is 13.0. The van der Waals surface area contributed by atoms with Crippen molar-refractivity contribution >= 4 is 17.5 Å². The van der Waals surface area contributed by atoms with E-state index in [1.54, 1.807) is 18.3 Å². The van der Waals surface area contributed by atoms with Gasteiger partial charge in [-0.15, -0.1) is 0 Å². The first-order valence-electron chi connectivity index (χ1n) is 6.94. The fraction of sp³-hybridized carbons (Fsp3) is 0.429. The van der Waals surface area contributed by atoms with Crippen LogP contribution >= 0.6 is 11.7 Å². The smallest absolute Gasteiger partial charge is 0.352 e. The normalized spacial score (nSPS) is 17.0. The van der Waals surface area contributed by atoms with Gasteiger partial charge in [0.1, 0.15) is 0 Å². The highest BCUT2D eigenvalue weighted by Crippen LogP contribution is 2.32. The Morgan fingerprint density at radius 1 is 1.09 bits per heavy atom. The Hall–Kier alpha value is -1.67. The lowest BCUT2D eigenvalue weighted by Crippen LogP contribution is -2.46. The number of nitrogens with zero attached hydrogens (tertiary/aromatic N) is 4. The summed E-state index contributed by atoms with van der Waals surface area (Å²) in [6, 6.07) is 5.79. The highest BCUT2D eigenvalue weighted by Gasteiger charge is 2.33. The van der Waals surface area contributed by atoms with Crippen LogP contribution in [-0.2, 0) is 12.7 Å². The average Bonchev–Trinajstić information content (AvgIpc) is 3.02. The van der Waals surface area contributed by atoms with Gasteiger partial charge in [-0.3, -0.25) is 4.90 Å². The average molecular weight is 328 g/mol. The summed E-state index contributed by atoms with van der Waals surface area (Å²) in [5.41, 5.74) is -0.208. The second kappa shape index (κ2) is 6.21. The summed E-state index contributed by atoms with van der Waals surface area (Å²) in [5.74, 6) is 0.848. The Kier molecular flexibility index (Phi) is 4.30. The quantitative estimate of drug-likeness (QED) is 0.867. The Bertz CT molecular complexity index is 607. The van der Waals surface area contributed by atoms with Crippen molar-refractivity contribution in [1.29, 1.82) is 0 Å². The molecule has 0 N–H and O–H groups in total. The molecule has 0 unspecified atom stereocenters. The van der Waals surface area contributed by atoms with Gasteiger partial charge in [0.05, 0.1) is 23.5 Å². The van der Waals surface area contributed by atoms with Crippen molar-refractivity contribution in [3.05, 3.63) is 41.6 Å². The minimum absolute atomic E-state index is 0.318. The molecule has 1 fully saturated rings. The van der Waals surface area contributed by atoms with E-state index in [9.17, 15) is 13.2 Å². The zero-order chi connectivity index (χ0) is 15.6. The molecular weight excluding hydrogens is 313 g/mol. The molecule has 0 radical (unpaired) electrons. The van der Waals surface area contributed by atoms with Gasteiger partial charge in [0, 0.05) is 32.7 Å². The summed E-state index contributed by atoms with van der Waals surface area (Å²) in [4.78, 5) is 4.15. The van der Waals surface area contributed by atoms with Crippen LogP contribution in [0.5, 0.6) is 0 Å². The topological polar surface area (TPSA) is 32.3 Å². The largest absolute Gasteiger partial charge is 0.416 e. The molecular formula is C14H15F3N4S. The molecule has 1 aromatic heterocycles. The third-order valence-corrected chi connectivity index (χ3v) is 4.23. The zero-order valence-electron chi connectivity index (χ0n) is 11.8. The Labute approximate surface area is 130 Å². The number of anilines is 1. The van der Waals surface area contributed by atoms with Crippen molar-refractivity contribution in [2.45, 2.75) is 12.7 Å². The molecule has 0 bridgehead atoms. The maximum Gasteiger partial charge on any atom is 0.416 e. The second-order valence-corrected chi connectivity index (χ2v) is 5.74. The lowest BCUT2D eigenvalue weighted by atomic mass is 10.1. The van der Waals surface area contributed by atoms with E-state index < -0.39 is 11.7 Å². The molecule has 0 spiro atoms. The molecule has 0 atom stereocenters. The number of hydrogen-bond donors (Lipinski definition) is 0. The fourth-order valence-electron chi connectivity index (χ4n) is 2.61. The van der Waals surface area contributed by atoms with Crippen molar-refractivity contribution in [3.63, 3.8) is 0 Å². The van der Waals surface area contributed by atoms with E-state index in [0.29, 0.717) is 25.2 Å². The predicted octanol–water partition coefficient (Wildman–Crippen LogP) is 2.88. The van der Waals surface area contributed by atoms with E-state index in [-0.39, 0.29) is 0 Å². The summed E-state index contributed by atoms with van der Waals surface area (Å²) < 4.78 is 47.2. The highest BCUT2D eigenvalue weighted by molar-refractivity contribution is 6.99. The standard InChI is InChI=1S/C14H15F3N4S/c15-14(16,17)12-4-2-1-3-11(12)10-20-5-7-21(8-6-20)13-9-18-22-19-13/h1-4,9H,5-8,10H2. The number of alkyl halides is 3. The van der Waals surface area contributed by atoms with Crippen molar-refractivity contribution in [1.82, 2.24) is 13.6 Å². The Morgan fingerprint density at radius 2 is 1.82 bits per heavy atom. The highest BCUT2D eigenvalue weighted by atomic mass is 32.1. The number of halogens is 3. The van der Waals surface area contributed by atoms with Gasteiger partial charge < -0.3 is 4.90 Å². The van der Waals surface area contributed by atoms with Crippen LogP contribution in [0.15, 0.2) is 30.5 Å². The van der Waals surface area contributed by atoms with Crippen LogP contribution in [0.25, 0.3) is 0 Å². The minimum Gasteiger partial charge on any atom is -0.352 e. The fourth-order valence-corrected chi connectivity index (χ4v) is 3.04. The molecule has 0 amide bonds. The molecule has 22 heavy (non-hydrogen) atoms. The molecule has 118 valence electrons. The van der Waals surface area contributed by atoms with E-state index in [4.69, 9.17) is 0 Å². The van der Waals surface area contributed by atoms with Crippen molar-refractivity contribution in [2.24, 2.45) is 0 Å². The van der Waals surface area contributed by atoms with E-state index >= 15 is 0 Å². The van der Waals surface area contributed by atoms with Crippen molar-refractivity contribution in [3.8, 4) is 0 Å². The van der Waals surface area contributed by atoms with Gasteiger partial charge in [-0.2, -0.15) is 21.9 Å². The van der Waals surface area contributed by atoms with Crippen LogP contribution in [0, 0.1) is 0 Å².